The van der Waals surface area contributed by atoms with Gasteiger partial charge in [0.25, 0.3) is 0 Å². The summed E-state index contributed by atoms with van der Waals surface area (Å²) in [5.41, 5.74) is 7.31. The fourth-order valence-electron chi connectivity index (χ4n) is 4.30. The first-order valence-corrected chi connectivity index (χ1v) is 12.0. The minimum Gasteiger partial charge on any atom is -0.369 e. The molecule has 1 aromatic rings. The number of halogens is 6. The fourth-order valence-corrected chi connectivity index (χ4v) is 8.10. The van der Waals surface area contributed by atoms with Gasteiger partial charge in [-0.15, -0.1) is 0 Å². The number of thioether (sulfide) groups is 1. The Morgan fingerprint density at radius 2 is 1.68 bits per heavy atom. The molecule has 0 aromatic heterocycles. The van der Waals surface area contributed by atoms with Crippen molar-refractivity contribution >= 4 is 42.5 Å². The summed E-state index contributed by atoms with van der Waals surface area (Å²) >= 11 is 0.979. The van der Waals surface area contributed by atoms with Crippen LogP contribution < -0.4 is 5.73 Å². The van der Waals surface area contributed by atoms with Gasteiger partial charge >= 0.3 is 12.4 Å². The van der Waals surface area contributed by atoms with Crippen LogP contribution in [-0.2, 0) is 9.30 Å². The first-order chi connectivity index (χ1) is 15.7. The van der Waals surface area contributed by atoms with Crippen molar-refractivity contribution in [1.29, 1.82) is 0 Å². The molecule has 1 saturated heterocycles. The Morgan fingerprint density at radius 1 is 1.06 bits per heavy atom. The molecule has 0 spiro atoms. The molecule has 0 amide bonds. The molecule has 0 aliphatic carbocycles. The Balaban J connectivity index is 1.86. The summed E-state index contributed by atoms with van der Waals surface area (Å²) in [5.74, 6) is -2.89. The zero-order valence-electron chi connectivity index (χ0n) is 17.7. The number of benzene rings is 1. The predicted molar refractivity (Wildman–Crippen MR) is 118 cm³/mol. The highest BCUT2D eigenvalue weighted by Gasteiger charge is 2.88. The highest BCUT2D eigenvalue weighted by atomic mass is 32.2. The summed E-state index contributed by atoms with van der Waals surface area (Å²) in [4.78, 5) is 16.6. The second kappa shape index (κ2) is 8.00. The van der Waals surface area contributed by atoms with E-state index in [1.54, 1.807) is 24.3 Å². The number of fused-ring (bicyclic) bond motifs is 1. The summed E-state index contributed by atoms with van der Waals surface area (Å²) in [7, 11) is -3.00. The average Bonchev–Trinajstić information content (AvgIpc) is 3.03. The first-order valence-electron chi connectivity index (χ1n) is 9.74. The molecule has 1 aromatic carbocycles. The van der Waals surface area contributed by atoms with Gasteiger partial charge in [0, 0.05) is 12.0 Å². The van der Waals surface area contributed by atoms with E-state index in [0.717, 1.165) is 30.8 Å². The second-order valence-electron chi connectivity index (χ2n) is 8.07. The zero-order valence-corrected chi connectivity index (χ0v) is 19.5. The third-order valence-electron chi connectivity index (χ3n) is 5.84. The molecule has 3 aliphatic rings. The number of nitrogens with zero attached hydrogens (tertiary/aromatic N) is 4. The van der Waals surface area contributed by atoms with Gasteiger partial charge in [0.15, 0.2) is 5.84 Å². The topological polar surface area (TPSA) is 102 Å². The zero-order chi connectivity index (χ0) is 25.2. The first kappa shape index (κ1) is 25.1. The molecule has 4 rings (SSSR count). The van der Waals surface area contributed by atoms with Gasteiger partial charge in [0.1, 0.15) is 35.4 Å². The molecule has 0 saturated carbocycles. The molecule has 184 valence electrons. The van der Waals surface area contributed by atoms with Crippen LogP contribution in [0.5, 0.6) is 0 Å². The number of hydrogen-bond acceptors (Lipinski definition) is 8. The molecule has 3 heterocycles. The van der Waals surface area contributed by atoms with Crippen molar-refractivity contribution in [3.63, 3.8) is 0 Å². The Hall–Kier alpha value is -2.02. The van der Waals surface area contributed by atoms with Gasteiger partial charge in [-0.1, -0.05) is 29.5 Å². The third kappa shape index (κ3) is 4.04. The number of methoxy groups -OCH3 is 1. The van der Waals surface area contributed by atoms with Crippen molar-refractivity contribution in [2.75, 3.05) is 7.11 Å². The molecule has 2 N–H and O–H groups in total. The Labute approximate surface area is 194 Å². The van der Waals surface area contributed by atoms with Crippen LogP contribution in [0.1, 0.15) is 18.4 Å². The Morgan fingerprint density at radius 3 is 2.24 bits per heavy atom. The van der Waals surface area contributed by atoms with Crippen LogP contribution in [0.2, 0.25) is 0 Å². The fraction of sp³-hybridized carbons (Fsp3) is 0.474. The molecule has 0 bridgehead atoms. The average molecular weight is 525 g/mol. The molecule has 4 atom stereocenters. The Bertz CT molecular complexity index is 1170. The number of rotatable bonds is 5. The monoisotopic (exact) mass is 525 g/mol. The van der Waals surface area contributed by atoms with Crippen molar-refractivity contribution in [3.8, 4) is 0 Å². The highest BCUT2D eigenvalue weighted by molar-refractivity contribution is 8.16. The van der Waals surface area contributed by atoms with Gasteiger partial charge in [0.05, 0.1) is 12.8 Å². The molecule has 4 unspecified atom stereocenters. The number of aliphatic imine (C=N–C) groups is 4. The van der Waals surface area contributed by atoms with Gasteiger partial charge in [-0.2, -0.15) is 26.3 Å². The molecule has 1 fully saturated rings. The maximum Gasteiger partial charge on any atom is 0.392 e. The Kier molecular flexibility index (Phi) is 5.91. The maximum atomic E-state index is 13.7. The van der Waals surface area contributed by atoms with E-state index in [0.29, 0.717) is 4.90 Å². The smallest absolute Gasteiger partial charge is 0.369 e. The normalized spacial score (nSPS) is 32.7. The molecule has 3 aliphatic heterocycles. The van der Waals surface area contributed by atoms with Crippen LogP contribution in [0.15, 0.2) is 49.1 Å². The summed E-state index contributed by atoms with van der Waals surface area (Å²) < 4.78 is 99.2. The second-order valence-corrected chi connectivity index (χ2v) is 11.4. The number of hydrogen-bond donors (Lipinski definition) is 1. The summed E-state index contributed by atoms with van der Waals surface area (Å²) in [6, 6.07) is 7.01. The van der Waals surface area contributed by atoms with E-state index in [1.807, 2.05) is 6.92 Å². The number of nitrogens with two attached hydrogens (primary N) is 1. The maximum absolute atomic E-state index is 13.7. The van der Waals surface area contributed by atoms with E-state index in [2.05, 4.69) is 20.0 Å². The van der Waals surface area contributed by atoms with Crippen LogP contribution in [-0.4, -0.2) is 58.7 Å². The number of alkyl halides is 6. The molecule has 15 heteroatoms. The van der Waals surface area contributed by atoms with Gasteiger partial charge < -0.3 is 9.30 Å². The highest BCUT2D eigenvalue weighted by Crippen LogP contribution is 2.84. The standard InChI is InChI=1S/C19H18F6N5O2PS/c1-10-3-5-11(6-4-10)34-14-12-13(28-9-27-12)29-19(26,30-14)15(7-17(20,21)22)16(32-2,33(15)31)8-18(23,24)25/h3-6,9,33H,7-8,26H2,1-2H3. The van der Waals surface area contributed by atoms with E-state index >= 15 is 0 Å². The van der Waals surface area contributed by atoms with Crippen molar-refractivity contribution in [3.05, 3.63) is 29.8 Å². The van der Waals surface area contributed by atoms with Crippen molar-refractivity contribution in [2.24, 2.45) is 25.7 Å². The van der Waals surface area contributed by atoms with Crippen molar-refractivity contribution < 1.29 is 35.6 Å². The van der Waals surface area contributed by atoms with Crippen LogP contribution in [0.4, 0.5) is 26.3 Å². The van der Waals surface area contributed by atoms with Gasteiger partial charge in [-0.3, -0.25) is 5.73 Å². The molecule has 0 radical (unpaired) electrons. The lowest BCUT2D eigenvalue weighted by atomic mass is 9.88. The largest absolute Gasteiger partial charge is 0.392 e. The molecular weight excluding hydrogens is 507 g/mol. The minimum atomic E-state index is -5.04. The van der Waals surface area contributed by atoms with E-state index < -0.39 is 49.3 Å². The third-order valence-corrected chi connectivity index (χ3v) is 9.84. The van der Waals surface area contributed by atoms with Crippen LogP contribution in [0, 0.1) is 6.92 Å². The van der Waals surface area contributed by atoms with Crippen molar-refractivity contribution in [1.82, 2.24) is 0 Å². The predicted octanol–water partition coefficient (Wildman–Crippen LogP) is 4.55. The summed E-state index contributed by atoms with van der Waals surface area (Å²) in [6.45, 7) is 1.86. The summed E-state index contributed by atoms with van der Waals surface area (Å²) in [6.07, 6.45) is -12.8. The molecular formula is C19H18F6N5O2PS. The van der Waals surface area contributed by atoms with Crippen LogP contribution in [0.25, 0.3) is 0 Å². The number of aryl methyl sites for hydroxylation is 1. The molecule has 7 nitrogen and oxygen atoms in total. The van der Waals surface area contributed by atoms with E-state index in [9.17, 15) is 30.9 Å². The van der Waals surface area contributed by atoms with Crippen LogP contribution >= 0.6 is 19.6 Å². The number of ether oxygens (including phenoxy) is 1. The lowest BCUT2D eigenvalue weighted by Crippen LogP contribution is -2.59. The van der Waals surface area contributed by atoms with E-state index in [1.165, 1.54) is 0 Å². The summed E-state index contributed by atoms with van der Waals surface area (Å²) in [5, 5.41) is -5.51. The molecule has 34 heavy (non-hydrogen) atoms. The van der Waals surface area contributed by atoms with Crippen molar-refractivity contribution in [2.45, 2.75) is 53.3 Å². The minimum absolute atomic E-state index is 0.00545. The lowest BCUT2D eigenvalue weighted by Gasteiger charge is -2.36. The van der Waals surface area contributed by atoms with E-state index in [4.69, 9.17) is 10.5 Å². The van der Waals surface area contributed by atoms with Gasteiger partial charge in [-0.25, -0.2) is 20.0 Å². The van der Waals surface area contributed by atoms with Gasteiger partial charge in [0.2, 0.25) is 5.79 Å². The van der Waals surface area contributed by atoms with Crippen LogP contribution in [0.3, 0.4) is 0 Å². The van der Waals surface area contributed by atoms with Gasteiger partial charge in [-0.05, 0) is 19.1 Å². The number of amidine groups is 1. The quantitative estimate of drug-likeness (QED) is 0.450. The lowest BCUT2D eigenvalue weighted by molar-refractivity contribution is -0.179. The van der Waals surface area contributed by atoms with E-state index in [-0.39, 0.29) is 16.6 Å². The SMILES string of the molecule is COC1(CC(F)(F)F)[PH](=O)C1(CC(F)(F)F)C1(N)N=C2N=CN=C2C(Sc2ccc(C)cc2)=N1.